The van der Waals surface area contributed by atoms with E-state index in [2.05, 4.69) is 10.6 Å². The second-order valence-electron chi connectivity index (χ2n) is 6.74. The molecule has 6 nitrogen and oxygen atoms in total. The molecule has 144 valence electrons. The number of aliphatic imine (C=N–C) groups is 1. The smallest absolute Gasteiger partial charge is 0.337 e. The van der Waals surface area contributed by atoms with Gasteiger partial charge in [-0.25, -0.2) is 9.79 Å². The number of hydrogen-bond donors (Lipinski definition) is 2. The number of esters is 1. The molecule has 0 unspecified atom stereocenters. The van der Waals surface area contributed by atoms with Crippen molar-refractivity contribution in [2.45, 2.75) is 44.7 Å². The Balaban J connectivity index is 1.58. The monoisotopic (exact) mass is 369 g/mol. The molecule has 0 spiro atoms. The molecule has 1 heterocycles. The predicted molar refractivity (Wildman–Crippen MR) is 105 cm³/mol. The largest absolute Gasteiger partial charge is 0.469 e. The van der Waals surface area contributed by atoms with Crippen LogP contribution in [0.15, 0.2) is 52.1 Å². The third-order valence-electron chi connectivity index (χ3n) is 4.73. The number of rotatable bonds is 7. The summed E-state index contributed by atoms with van der Waals surface area (Å²) in [5.41, 5.74) is 1.59. The molecule has 1 saturated carbocycles. The fraction of sp³-hybridized carbons (Fsp3) is 0.429. The number of nitrogens with zero attached hydrogens (tertiary/aromatic N) is 1. The van der Waals surface area contributed by atoms with Crippen molar-refractivity contribution in [3.8, 4) is 0 Å². The Bertz CT molecular complexity index is 733. The van der Waals surface area contributed by atoms with Gasteiger partial charge in [0, 0.05) is 19.0 Å². The fourth-order valence-electron chi connectivity index (χ4n) is 3.21. The highest BCUT2D eigenvalue weighted by Crippen LogP contribution is 2.17. The molecule has 6 heteroatoms. The second kappa shape index (κ2) is 9.80. The first-order chi connectivity index (χ1) is 13.2. The topological polar surface area (TPSA) is 75.9 Å². The van der Waals surface area contributed by atoms with Gasteiger partial charge in [0.15, 0.2) is 5.96 Å². The van der Waals surface area contributed by atoms with Crippen LogP contribution in [0.3, 0.4) is 0 Å². The van der Waals surface area contributed by atoms with Crippen LogP contribution in [0.5, 0.6) is 0 Å². The lowest BCUT2D eigenvalue weighted by atomic mass is 10.1. The summed E-state index contributed by atoms with van der Waals surface area (Å²) >= 11 is 0. The predicted octanol–water partition coefficient (Wildman–Crippen LogP) is 3.29. The maximum absolute atomic E-state index is 11.5. The van der Waals surface area contributed by atoms with Gasteiger partial charge in [-0.3, -0.25) is 0 Å². The summed E-state index contributed by atoms with van der Waals surface area (Å²) in [6.45, 7) is 1.30. The zero-order valence-electron chi connectivity index (χ0n) is 15.7. The molecule has 0 aliphatic heterocycles. The van der Waals surface area contributed by atoms with Crippen molar-refractivity contribution >= 4 is 11.9 Å². The van der Waals surface area contributed by atoms with Gasteiger partial charge in [-0.1, -0.05) is 25.0 Å². The average Bonchev–Trinajstić information content (AvgIpc) is 3.40. The molecule has 0 bridgehead atoms. The van der Waals surface area contributed by atoms with Gasteiger partial charge in [-0.05, 0) is 42.7 Å². The van der Waals surface area contributed by atoms with E-state index in [9.17, 15) is 4.79 Å². The summed E-state index contributed by atoms with van der Waals surface area (Å²) in [5.74, 6) is 1.46. The number of ether oxygens (including phenoxy) is 1. The van der Waals surface area contributed by atoms with Crippen LogP contribution in [0.25, 0.3) is 0 Å². The normalized spacial score (nSPS) is 14.9. The van der Waals surface area contributed by atoms with Gasteiger partial charge in [0.2, 0.25) is 0 Å². The highest BCUT2D eigenvalue weighted by molar-refractivity contribution is 5.89. The number of carbonyl (C=O) groups excluding carboxylic acids is 1. The average molecular weight is 369 g/mol. The van der Waals surface area contributed by atoms with E-state index in [-0.39, 0.29) is 5.97 Å². The van der Waals surface area contributed by atoms with Gasteiger partial charge in [-0.15, -0.1) is 0 Å². The van der Waals surface area contributed by atoms with Gasteiger partial charge in [0.1, 0.15) is 5.76 Å². The number of guanidine groups is 1. The molecule has 1 fully saturated rings. The maximum atomic E-state index is 11.5. The number of furan rings is 1. The van der Waals surface area contributed by atoms with Crippen molar-refractivity contribution in [2.24, 2.45) is 4.99 Å². The van der Waals surface area contributed by atoms with Crippen LogP contribution in [0.1, 0.15) is 47.4 Å². The lowest BCUT2D eigenvalue weighted by molar-refractivity contribution is 0.0600. The highest BCUT2D eigenvalue weighted by atomic mass is 16.5. The number of hydrogen-bond acceptors (Lipinski definition) is 4. The molecule has 0 saturated heterocycles. The Morgan fingerprint density at radius 1 is 1.22 bits per heavy atom. The van der Waals surface area contributed by atoms with Gasteiger partial charge < -0.3 is 19.8 Å². The molecule has 1 aliphatic carbocycles. The fourth-order valence-corrected chi connectivity index (χ4v) is 3.21. The van der Waals surface area contributed by atoms with Crippen LogP contribution in [0.4, 0.5) is 0 Å². The summed E-state index contributed by atoms with van der Waals surface area (Å²) in [5, 5.41) is 6.94. The Morgan fingerprint density at radius 2 is 2.00 bits per heavy atom. The van der Waals surface area contributed by atoms with Crippen molar-refractivity contribution in [1.29, 1.82) is 0 Å². The quantitative estimate of drug-likeness (QED) is 0.445. The van der Waals surface area contributed by atoms with Gasteiger partial charge in [0.05, 0.1) is 25.5 Å². The molecule has 3 rings (SSSR count). The second-order valence-corrected chi connectivity index (χ2v) is 6.74. The van der Waals surface area contributed by atoms with E-state index in [0.717, 1.165) is 30.2 Å². The Labute approximate surface area is 160 Å². The Kier molecular flexibility index (Phi) is 6.90. The van der Waals surface area contributed by atoms with E-state index in [4.69, 9.17) is 14.1 Å². The first-order valence-electron chi connectivity index (χ1n) is 9.49. The van der Waals surface area contributed by atoms with Crippen LogP contribution in [0, 0.1) is 0 Å². The van der Waals surface area contributed by atoms with Crippen LogP contribution in [-0.4, -0.2) is 31.6 Å². The molecule has 0 radical (unpaired) electrons. The first kappa shape index (κ1) is 19.0. The van der Waals surface area contributed by atoms with Crippen LogP contribution < -0.4 is 10.6 Å². The molecule has 1 aliphatic rings. The zero-order chi connectivity index (χ0) is 18.9. The van der Waals surface area contributed by atoms with Gasteiger partial charge in [-0.2, -0.15) is 0 Å². The summed E-state index contributed by atoms with van der Waals surface area (Å²) in [7, 11) is 1.38. The van der Waals surface area contributed by atoms with Crippen molar-refractivity contribution in [1.82, 2.24) is 10.6 Å². The van der Waals surface area contributed by atoms with Crippen molar-refractivity contribution in [3.63, 3.8) is 0 Å². The van der Waals surface area contributed by atoms with Crippen LogP contribution in [0.2, 0.25) is 0 Å². The summed E-state index contributed by atoms with van der Waals surface area (Å²) in [6, 6.07) is 11.7. The minimum Gasteiger partial charge on any atom is -0.469 e. The molecular weight excluding hydrogens is 342 g/mol. The first-order valence-corrected chi connectivity index (χ1v) is 9.49. The van der Waals surface area contributed by atoms with Gasteiger partial charge in [0.25, 0.3) is 0 Å². The number of benzene rings is 1. The van der Waals surface area contributed by atoms with E-state index in [1.54, 1.807) is 18.4 Å². The van der Waals surface area contributed by atoms with E-state index >= 15 is 0 Å². The number of nitrogens with one attached hydrogen (secondary N) is 2. The van der Waals surface area contributed by atoms with Gasteiger partial charge >= 0.3 is 5.97 Å². The molecule has 2 N–H and O–H groups in total. The lowest BCUT2D eigenvalue weighted by Crippen LogP contribution is -2.43. The third kappa shape index (κ3) is 5.88. The van der Waals surface area contributed by atoms with E-state index < -0.39 is 0 Å². The van der Waals surface area contributed by atoms with E-state index in [1.807, 2.05) is 24.3 Å². The van der Waals surface area contributed by atoms with E-state index in [0.29, 0.717) is 18.2 Å². The third-order valence-corrected chi connectivity index (χ3v) is 4.73. The molecule has 0 atom stereocenters. The summed E-state index contributed by atoms with van der Waals surface area (Å²) in [4.78, 5) is 16.2. The molecule has 27 heavy (non-hydrogen) atoms. The molecule has 1 aromatic carbocycles. The lowest BCUT2D eigenvalue weighted by Gasteiger charge is -2.17. The minimum absolute atomic E-state index is 0.326. The standard InChI is InChI=1S/C21H27N3O3/c1-26-20(25)17-10-8-16(9-11-17)15-23-21(24-18-5-2-3-6-18)22-13-12-19-7-4-14-27-19/h4,7-11,14,18H,2-3,5-6,12-13,15H2,1H3,(H2,22,23,24). The highest BCUT2D eigenvalue weighted by Gasteiger charge is 2.16. The maximum Gasteiger partial charge on any atom is 0.337 e. The summed E-state index contributed by atoms with van der Waals surface area (Å²) < 4.78 is 10.1. The van der Waals surface area contributed by atoms with Crippen molar-refractivity contribution in [2.75, 3.05) is 13.7 Å². The van der Waals surface area contributed by atoms with Crippen molar-refractivity contribution < 1.29 is 13.9 Å². The Hall–Kier alpha value is -2.76. The molecule has 1 aromatic heterocycles. The minimum atomic E-state index is -0.326. The summed E-state index contributed by atoms with van der Waals surface area (Å²) in [6.07, 6.45) is 7.42. The number of carbonyl (C=O) groups is 1. The molecule has 0 amide bonds. The van der Waals surface area contributed by atoms with Crippen LogP contribution in [-0.2, 0) is 17.7 Å². The van der Waals surface area contributed by atoms with Crippen molar-refractivity contribution in [3.05, 3.63) is 59.5 Å². The zero-order valence-corrected chi connectivity index (χ0v) is 15.7. The van der Waals surface area contributed by atoms with E-state index in [1.165, 1.54) is 32.8 Å². The number of methoxy groups -OCH3 is 1. The Morgan fingerprint density at radius 3 is 2.67 bits per heavy atom. The SMILES string of the molecule is COC(=O)c1ccc(CN=C(NCCc2ccco2)NC2CCCC2)cc1. The molecule has 2 aromatic rings. The van der Waals surface area contributed by atoms with Crippen LogP contribution >= 0.6 is 0 Å². The molecular formula is C21H27N3O3.